The molecule has 0 saturated carbocycles. The monoisotopic (exact) mass is 645 g/mol. The summed E-state index contributed by atoms with van der Waals surface area (Å²) in [4.78, 5) is 0. The van der Waals surface area contributed by atoms with Crippen LogP contribution >= 0.6 is 0 Å². The molecule has 0 N–H and O–H groups in total. The van der Waals surface area contributed by atoms with E-state index in [0.29, 0.717) is 0 Å². The third kappa shape index (κ3) is 4.14. The molecule has 0 aliphatic heterocycles. The Balaban J connectivity index is 1.18. The van der Waals surface area contributed by atoms with Gasteiger partial charge in [-0.15, -0.1) is 0 Å². The Morgan fingerprint density at radius 3 is 1.22 bits per heavy atom. The summed E-state index contributed by atoms with van der Waals surface area (Å²) in [6.07, 6.45) is 0. The van der Waals surface area contributed by atoms with Gasteiger partial charge in [0.25, 0.3) is 0 Å². The first-order valence-corrected chi connectivity index (χ1v) is 20.6. The molecule has 10 aromatic rings. The first-order valence-electron chi connectivity index (χ1n) is 17.1. The standard InChI is InChI=1S/C45H35N3Si/c1-49(2,3)33-24-22-32(23-25-33)46-40-16-8-4-14-36(40)38-28-30(20-26-41(38)46)31-21-27-45-39(29-31)37-15-7-11-19-44(37)48(45)47-42-17-9-5-12-34(42)35-13-6-10-18-43(35)47/h4-29H,1-3H3. The molecule has 0 spiro atoms. The van der Waals surface area contributed by atoms with E-state index in [1.807, 2.05) is 0 Å². The van der Waals surface area contributed by atoms with Crippen molar-refractivity contribution in [3.8, 4) is 16.8 Å². The maximum Gasteiger partial charge on any atom is 0.0775 e. The molecule has 3 nitrogen and oxygen atoms in total. The quantitative estimate of drug-likeness (QED) is 0.169. The zero-order chi connectivity index (χ0) is 32.9. The molecule has 0 bridgehead atoms. The Morgan fingerprint density at radius 2 is 0.714 bits per heavy atom. The van der Waals surface area contributed by atoms with Crippen molar-refractivity contribution in [2.24, 2.45) is 0 Å². The first kappa shape index (κ1) is 28.2. The third-order valence-corrected chi connectivity index (χ3v) is 12.5. The Kier molecular flexibility index (Phi) is 5.94. The molecular formula is C45H35N3Si. The number of hydrogen-bond acceptors (Lipinski definition) is 0. The molecule has 0 aliphatic carbocycles. The van der Waals surface area contributed by atoms with Gasteiger partial charge in [0.05, 0.1) is 41.2 Å². The van der Waals surface area contributed by atoms with E-state index < -0.39 is 8.07 Å². The number of benzene rings is 7. The molecule has 10 rings (SSSR count). The summed E-state index contributed by atoms with van der Waals surface area (Å²) in [5, 5.41) is 9.06. The summed E-state index contributed by atoms with van der Waals surface area (Å²) in [5.41, 5.74) is 10.9. The Morgan fingerprint density at radius 1 is 0.347 bits per heavy atom. The number of rotatable bonds is 4. The van der Waals surface area contributed by atoms with E-state index in [0.717, 1.165) is 0 Å². The van der Waals surface area contributed by atoms with Crippen molar-refractivity contribution in [1.82, 2.24) is 13.9 Å². The molecule has 4 heteroatoms. The largest absolute Gasteiger partial charge is 0.309 e. The number of fused-ring (bicyclic) bond motifs is 9. The molecule has 0 fully saturated rings. The van der Waals surface area contributed by atoms with Crippen molar-refractivity contribution in [2.75, 3.05) is 0 Å². The van der Waals surface area contributed by atoms with E-state index >= 15 is 0 Å². The van der Waals surface area contributed by atoms with Crippen LogP contribution in [0.15, 0.2) is 158 Å². The maximum absolute atomic E-state index is 2.42. The third-order valence-electron chi connectivity index (χ3n) is 10.4. The lowest BCUT2D eigenvalue weighted by Gasteiger charge is -2.17. The molecule has 0 amide bonds. The second-order valence-electron chi connectivity index (χ2n) is 14.3. The van der Waals surface area contributed by atoms with Gasteiger partial charge in [0, 0.05) is 38.0 Å². The Hall–Kier alpha value is -5.84. The number of hydrogen-bond donors (Lipinski definition) is 0. The van der Waals surface area contributed by atoms with Crippen molar-refractivity contribution in [3.63, 3.8) is 0 Å². The summed E-state index contributed by atoms with van der Waals surface area (Å²) in [5.74, 6) is 0. The second-order valence-corrected chi connectivity index (χ2v) is 19.4. The van der Waals surface area contributed by atoms with Crippen molar-refractivity contribution in [2.45, 2.75) is 19.6 Å². The predicted octanol–water partition coefficient (Wildman–Crippen LogP) is 11.5. The lowest BCUT2D eigenvalue weighted by atomic mass is 10.0. The maximum atomic E-state index is 2.42. The lowest BCUT2D eigenvalue weighted by molar-refractivity contribution is 0.775. The highest BCUT2D eigenvalue weighted by molar-refractivity contribution is 6.88. The first-order chi connectivity index (χ1) is 24.0. The van der Waals surface area contributed by atoms with Crippen molar-refractivity contribution in [1.29, 1.82) is 0 Å². The van der Waals surface area contributed by atoms with Crippen LogP contribution in [0.4, 0.5) is 0 Å². The van der Waals surface area contributed by atoms with Crippen LogP contribution in [0, 0.1) is 0 Å². The number of aromatic nitrogens is 3. The minimum absolute atomic E-state index is 1.19. The summed E-state index contributed by atoms with van der Waals surface area (Å²) in [6, 6.07) is 58.3. The topological polar surface area (TPSA) is 14.8 Å². The van der Waals surface area contributed by atoms with Crippen LogP contribution in [-0.2, 0) is 0 Å². The molecule has 3 aromatic heterocycles. The normalized spacial score (nSPS) is 12.4. The average molecular weight is 646 g/mol. The van der Waals surface area contributed by atoms with E-state index in [1.165, 1.54) is 87.4 Å². The van der Waals surface area contributed by atoms with Crippen LogP contribution in [0.5, 0.6) is 0 Å². The summed E-state index contributed by atoms with van der Waals surface area (Å²) in [7, 11) is -1.38. The highest BCUT2D eigenvalue weighted by Crippen LogP contribution is 2.39. The highest BCUT2D eigenvalue weighted by atomic mass is 28.3. The van der Waals surface area contributed by atoms with Crippen molar-refractivity contribution < 1.29 is 0 Å². The van der Waals surface area contributed by atoms with E-state index in [9.17, 15) is 0 Å². The van der Waals surface area contributed by atoms with Gasteiger partial charge in [-0.1, -0.05) is 122 Å². The van der Waals surface area contributed by atoms with Gasteiger partial charge < -0.3 is 4.57 Å². The zero-order valence-corrected chi connectivity index (χ0v) is 28.9. The molecule has 0 saturated heterocycles. The van der Waals surface area contributed by atoms with Crippen LogP contribution in [0.2, 0.25) is 19.6 Å². The Labute approximate surface area is 285 Å². The van der Waals surface area contributed by atoms with Gasteiger partial charge in [-0.05, 0) is 71.8 Å². The molecule has 0 unspecified atom stereocenters. The van der Waals surface area contributed by atoms with Gasteiger partial charge in [-0.2, -0.15) is 0 Å². The van der Waals surface area contributed by atoms with Gasteiger partial charge >= 0.3 is 0 Å². The molecule has 234 valence electrons. The fraction of sp³-hybridized carbons (Fsp3) is 0.0667. The molecule has 0 aliphatic rings. The summed E-state index contributed by atoms with van der Waals surface area (Å²) < 4.78 is 7.22. The fourth-order valence-corrected chi connectivity index (χ4v) is 9.17. The number of para-hydroxylation sites is 4. The van der Waals surface area contributed by atoms with E-state index in [4.69, 9.17) is 0 Å². The van der Waals surface area contributed by atoms with Gasteiger partial charge in [-0.3, -0.25) is 0 Å². The molecule has 49 heavy (non-hydrogen) atoms. The van der Waals surface area contributed by atoms with Gasteiger partial charge in [-0.25, -0.2) is 9.35 Å². The second kappa shape index (κ2) is 10.3. The van der Waals surface area contributed by atoms with Gasteiger partial charge in [0.15, 0.2) is 0 Å². The zero-order valence-electron chi connectivity index (χ0n) is 27.9. The molecule has 0 atom stereocenters. The SMILES string of the molecule is C[Si](C)(C)c1ccc(-n2c3ccccc3c3cc(-c4ccc5c(c4)c4ccccc4n5-n4c5ccccc5c5ccccc54)ccc32)cc1. The van der Waals surface area contributed by atoms with Crippen LogP contribution in [0.25, 0.3) is 82.2 Å². The molecule has 7 aromatic carbocycles. The van der Waals surface area contributed by atoms with Crippen LogP contribution in [0.1, 0.15) is 0 Å². The minimum Gasteiger partial charge on any atom is -0.309 e. The molecule has 0 radical (unpaired) electrons. The van der Waals surface area contributed by atoms with Crippen molar-refractivity contribution >= 4 is 78.7 Å². The van der Waals surface area contributed by atoms with Crippen LogP contribution < -0.4 is 5.19 Å². The van der Waals surface area contributed by atoms with E-state index in [-0.39, 0.29) is 0 Å². The minimum atomic E-state index is -1.38. The highest BCUT2D eigenvalue weighted by Gasteiger charge is 2.20. The van der Waals surface area contributed by atoms with Gasteiger partial charge in [0.2, 0.25) is 0 Å². The lowest BCUT2D eigenvalue weighted by Crippen LogP contribution is -2.37. The Bertz CT molecular complexity index is 2860. The molecule has 3 heterocycles. The van der Waals surface area contributed by atoms with Gasteiger partial charge in [0.1, 0.15) is 0 Å². The summed E-state index contributed by atoms with van der Waals surface area (Å²) in [6.45, 7) is 7.22. The number of nitrogens with zero attached hydrogens (tertiary/aromatic N) is 3. The summed E-state index contributed by atoms with van der Waals surface area (Å²) >= 11 is 0. The fourth-order valence-electron chi connectivity index (χ4n) is 8.01. The van der Waals surface area contributed by atoms with Crippen LogP contribution in [-0.4, -0.2) is 22.0 Å². The predicted molar refractivity (Wildman–Crippen MR) is 212 cm³/mol. The van der Waals surface area contributed by atoms with Crippen molar-refractivity contribution in [3.05, 3.63) is 158 Å². The molecular weight excluding hydrogens is 611 g/mol. The van der Waals surface area contributed by atoms with E-state index in [1.54, 1.807) is 0 Å². The van der Waals surface area contributed by atoms with Crippen LogP contribution in [0.3, 0.4) is 0 Å². The smallest absolute Gasteiger partial charge is 0.0775 e. The van der Waals surface area contributed by atoms with E-state index in [2.05, 4.69) is 191 Å². The average Bonchev–Trinajstić information content (AvgIpc) is 3.76.